The summed E-state index contributed by atoms with van der Waals surface area (Å²) in [7, 11) is 0. The van der Waals surface area contributed by atoms with Gasteiger partial charge in [-0.3, -0.25) is 4.79 Å². The number of H-pyrrole nitrogens is 1. The summed E-state index contributed by atoms with van der Waals surface area (Å²) in [5, 5.41) is 3.81. The van der Waals surface area contributed by atoms with E-state index in [-0.39, 0.29) is 12.0 Å². The second kappa shape index (κ2) is 7.70. The number of carbonyl (C=O) groups excluding carboxylic acids is 2. The fraction of sp³-hybridized carbons (Fsp3) is 0.143. The zero-order valence-electron chi connectivity index (χ0n) is 14.7. The maximum atomic E-state index is 12.2. The van der Waals surface area contributed by atoms with E-state index in [4.69, 9.17) is 4.74 Å². The van der Waals surface area contributed by atoms with Gasteiger partial charge in [-0.25, -0.2) is 4.79 Å². The molecule has 0 aliphatic rings. The molecule has 1 amide bonds. The third kappa shape index (κ3) is 4.19. The molecule has 0 aliphatic heterocycles. The average molecular weight is 348 g/mol. The van der Waals surface area contributed by atoms with Crippen LogP contribution >= 0.6 is 0 Å². The lowest BCUT2D eigenvalue weighted by atomic mass is 10.1. The van der Waals surface area contributed by atoms with E-state index in [1.807, 2.05) is 30.5 Å². The summed E-state index contributed by atoms with van der Waals surface area (Å²) in [6.45, 7) is 3.58. The van der Waals surface area contributed by atoms with Gasteiger partial charge in [-0.2, -0.15) is 0 Å². The first-order valence-electron chi connectivity index (χ1n) is 8.39. The van der Waals surface area contributed by atoms with E-state index in [1.165, 1.54) is 6.08 Å². The number of fused-ring (bicyclic) bond motifs is 1. The summed E-state index contributed by atoms with van der Waals surface area (Å²) >= 11 is 0. The molecule has 3 rings (SSSR count). The predicted molar refractivity (Wildman–Crippen MR) is 103 cm³/mol. The Hall–Kier alpha value is -3.34. The Morgan fingerprint density at radius 3 is 2.73 bits per heavy atom. The van der Waals surface area contributed by atoms with Gasteiger partial charge in [0.15, 0.2) is 0 Å². The second-order valence-corrected chi connectivity index (χ2v) is 6.15. The van der Waals surface area contributed by atoms with Crippen molar-refractivity contribution < 1.29 is 14.3 Å². The monoisotopic (exact) mass is 348 g/mol. The summed E-state index contributed by atoms with van der Waals surface area (Å²) < 4.78 is 5.16. The summed E-state index contributed by atoms with van der Waals surface area (Å²) in [4.78, 5) is 27.3. The first-order chi connectivity index (χ1) is 12.5. The lowest BCUT2D eigenvalue weighted by molar-refractivity contribution is -0.111. The van der Waals surface area contributed by atoms with E-state index in [0.29, 0.717) is 11.3 Å². The van der Waals surface area contributed by atoms with Crippen molar-refractivity contribution in [1.29, 1.82) is 0 Å². The van der Waals surface area contributed by atoms with Gasteiger partial charge < -0.3 is 15.0 Å². The molecule has 0 aliphatic carbocycles. The first-order valence-corrected chi connectivity index (χ1v) is 8.39. The fourth-order valence-electron chi connectivity index (χ4n) is 2.59. The van der Waals surface area contributed by atoms with E-state index in [2.05, 4.69) is 10.3 Å². The molecule has 0 bridgehead atoms. The minimum atomic E-state index is -0.412. The Balaban J connectivity index is 1.69. The van der Waals surface area contributed by atoms with Crippen molar-refractivity contribution in [3.63, 3.8) is 0 Å². The van der Waals surface area contributed by atoms with E-state index in [1.54, 1.807) is 44.2 Å². The normalized spacial score (nSPS) is 11.2. The standard InChI is InChI=1S/C21H20N2O3/c1-14(2)26-21(25)15-6-5-7-17(12-15)23-20(24)11-10-16-13-22-19-9-4-3-8-18(16)19/h3-14,22H,1-2H3,(H,23,24). The number of hydrogen-bond donors (Lipinski definition) is 2. The maximum Gasteiger partial charge on any atom is 0.338 e. The number of esters is 1. The van der Waals surface area contributed by atoms with Crippen LogP contribution in [0.2, 0.25) is 0 Å². The molecule has 26 heavy (non-hydrogen) atoms. The van der Waals surface area contributed by atoms with Crippen LogP contribution in [0.1, 0.15) is 29.8 Å². The highest BCUT2D eigenvalue weighted by Crippen LogP contribution is 2.19. The number of aromatic nitrogens is 1. The van der Waals surface area contributed by atoms with Crippen molar-refractivity contribution >= 4 is 34.5 Å². The average Bonchev–Trinajstić information content (AvgIpc) is 3.03. The molecule has 0 fully saturated rings. The smallest absolute Gasteiger partial charge is 0.338 e. The molecule has 0 radical (unpaired) electrons. The van der Waals surface area contributed by atoms with E-state index < -0.39 is 5.97 Å². The summed E-state index contributed by atoms with van der Waals surface area (Å²) in [5.41, 5.74) is 2.89. The van der Waals surface area contributed by atoms with E-state index in [9.17, 15) is 9.59 Å². The Kier molecular flexibility index (Phi) is 5.17. The minimum Gasteiger partial charge on any atom is -0.459 e. The van der Waals surface area contributed by atoms with Gasteiger partial charge >= 0.3 is 5.97 Å². The van der Waals surface area contributed by atoms with Crippen LogP contribution in [-0.2, 0) is 9.53 Å². The van der Waals surface area contributed by atoms with Crippen LogP contribution in [0, 0.1) is 0 Å². The van der Waals surface area contributed by atoms with Crippen molar-refractivity contribution in [3.05, 3.63) is 71.9 Å². The molecule has 0 unspecified atom stereocenters. The van der Waals surface area contributed by atoms with Gasteiger partial charge in [0.05, 0.1) is 11.7 Å². The van der Waals surface area contributed by atoms with Crippen molar-refractivity contribution in [2.75, 3.05) is 5.32 Å². The van der Waals surface area contributed by atoms with Gasteiger partial charge in [0.1, 0.15) is 0 Å². The molecule has 0 saturated heterocycles. The lowest BCUT2D eigenvalue weighted by Gasteiger charge is -2.09. The Morgan fingerprint density at radius 2 is 1.92 bits per heavy atom. The number of amides is 1. The number of nitrogens with one attached hydrogen (secondary N) is 2. The zero-order valence-corrected chi connectivity index (χ0v) is 14.7. The Morgan fingerprint density at radius 1 is 1.12 bits per heavy atom. The minimum absolute atomic E-state index is 0.195. The number of carbonyl (C=O) groups is 2. The van der Waals surface area contributed by atoms with Crippen LogP contribution in [0.5, 0.6) is 0 Å². The topological polar surface area (TPSA) is 71.2 Å². The van der Waals surface area contributed by atoms with Gasteiger partial charge in [-0.05, 0) is 49.8 Å². The van der Waals surface area contributed by atoms with Crippen molar-refractivity contribution in [1.82, 2.24) is 4.98 Å². The van der Waals surface area contributed by atoms with Crippen molar-refractivity contribution in [2.45, 2.75) is 20.0 Å². The second-order valence-electron chi connectivity index (χ2n) is 6.15. The number of aromatic amines is 1. The fourth-order valence-corrected chi connectivity index (χ4v) is 2.59. The summed E-state index contributed by atoms with van der Waals surface area (Å²) in [6.07, 6.45) is 4.89. The Bertz CT molecular complexity index is 970. The molecule has 0 atom stereocenters. The molecule has 5 nitrogen and oxygen atoms in total. The molecule has 5 heteroatoms. The molecule has 1 heterocycles. The SMILES string of the molecule is CC(C)OC(=O)c1cccc(NC(=O)C=Cc2c[nH]c3ccccc23)c1. The van der Waals surface area contributed by atoms with Crippen molar-refractivity contribution in [2.24, 2.45) is 0 Å². The quantitative estimate of drug-likeness (QED) is 0.531. The maximum absolute atomic E-state index is 12.2. The van der Waals surface area contributed by atoms with Crippen LogP contribution in [0.15, 0.2) is 60.8 Å². The van der Waals surface area contributed by atoms with Gasteiger partial charge in [0.2, 0.25) is 5.91 Å². The van der Waals surface area contributed by atoms with Crippen LogP contribution in [0.25, 0.3) is 17.0 Å². The van der Waals surface area contributed by atoms with Crippen LogP contribution in [0.3, 0.4) is 0 Å². The molecule has 2 aromatic carbocycles. The van der Waals surface area contributed by atoms with Crippen LogP contribution < -0.4 is 5.32 Å². The molecular formula is C21H20N2O3. The predicted octanol–water partition coefficient (Wildman–Crippen LogP) is 4.39. The molecule has 1 aromatic heterocycles. The Labute approximate surface area is 151 Å². The first kappa shape index (κ1) is 17.5. The van der Waals surface area contributed by atoms with Gasteiger partial charge in [-0.15, -0.1) is 0 Å². The number of hydrogen-bond acceptors (Lipinski definition) is 3. The van der Waals surface area contributed by atoms with E-state index in [0.717, 1.165) is 16.5 Å². The van der Waals surface area contributed by atoms with Crippen LogP contribution in [0.4, 0.5) is 5.69 Å². The lowest BCUT2D eigenvalue weighted by Crippen LogP contribution is -2.13. The van der Waals surface area contributed by atoms with Crippen molar-refractivity contribution in [3.8, 4) is 0 Å². The highest BCUT2D eigenvalue weighted by molar-refractivity contribution is 6.04. The molecule has 0 saturated carbocycles. The molecule has 132 valence electrons. The zero-order chi connectivity index (χ0) is 18.5. The largest absolute Gasteiger partial charge is 0.459 e. The van der Waals surface area contributed by atoms with Gasteiger partial charge in [0, 0.05) is 28.9 Å². The number of para-hydroxylation sites is 1. The number of benzene rings is 2. The number of rotatable bonds is 5. The third-order valence-electron chi connectivity index (χ3n) is 3.74. The van der Waals surface area contributed by atoms with E-state index >= 15 is 0 Å². The van der Waals surface area contributed by atoms with Gasteiger partial charge in [0.25, 0.3) is 0 Å². The number of ether oxygens (including phenoxy) is 1. The third-order valence-corrected chi connectivity index (χ3v) is 3.74. The molecule has 0 spiro atoms. The summed E-state index contributed by atoms with van der Waals surface area (Å²) in [6, 6.07) is 14.6. The van der Waals surface area contributed by atoms with Crippen LogP contribution in [-0.4, -0.2) is 23.0 Å². The highest BCUT2D eigenvalue weighted by Gasteiger charge is 2.10. The molecule has 2 N–H and O–H groups in total. The summed E-state index contributed by atoms with van der Waals surface area (Å²) in [5.74, 6) is -0.685. The molecule has 3 aromatic rings. The highest BCUT2D eigenvalue weighted by atomic mass is 16.5. The molecular weight excluding hydrogens is 328 g/mol. The van der Waals surface area contributed by atoms with Gasteiger partial charge in [-0.1, -0.05) is 24.3 Å². The number of anilines is 1.